The van der Waals surface area contributed by atoms with E-state index in [-0.39, 0.29) is 46.9 Å². The molecule has 0 aromatic carbocycles. The molecule has 1 aromatic heterocycles. The summed E-state index contributed by atoms with van der Waals surface area (Å²) in [6.45, 7) is 8.16. The third-order valence-corrected chi connectivity index (χ3v) is 12.0. The maximum atomic E-state index is 14.0. The van der Waals surface area contributed by atoms with Crippen molar-refractivity contribution in [2.24, 2.45) is 34.0 Å². The molecule has 4 atom stereocenters. The van der Waals surface area contributed by atoms with Crippen LogP contribution in [0.4, 0.5) is 0 Å². The molecule has 2 aliphatic heterocycles. The number of fused-ring (bicyclic) bond motifs is 3. The molecule has 0 unspecified atom stereocenters. The zero-order chi connectivity index (χ0) is 29.9. The highest BCUT2D eigenvalue weighted by Gasteiger charge is 2.62. The number of carbonyl (C=O) groups excluding carboxylic acids is 4. The molecule has 1 aromatic rings. The minimum atomic E-state index is -0.854. The molecule has 0 radical (unpaired) electrons. The second kappa shape index (κ2) is 10.9. The summed E-state index contributed by atoms with van der Waals surface area (Å²) in [5.41, 5.74) is 1.29. The lowest BCUT2D eigenvalue weighted by Gasteiger charge is -2.50. The lowest BCUT2D eigenvalue weighted by molar-refractivity contribution is -0.152. The standard InChI is InChI=1S/C31H45N5O5S/c1-19(41-17-30-8-5-20(6-9-30)7-10-30)24(26(38)32-4)34-25(37)22-13-35(28(40)23-12-33-18-42-23)14-31(22)15-36(16-31)27(39)21-11-29(21,2)3/h12,18-22,24H,5-11,13-17H2,1-4H3,(H,32,38)(H,34,37)/t19-,20?,21-,22+,24+,30?/m1/s1. The van der Waals surface area contributed by atoms with Crippen molar-refractivity contribution >= 4 is 35.0 Å². The van der Waals surface area contributed by atoms with Crippen LogP contribution in [0.15, 0.2) is 11.7 Å². The summed E-state index contributed by atoms with van der Waals surface area (Å²) in [6, 6.07) is -0.854. The first kappa shape index (κ1) is 29.5. The molecule has 7 rings (SSSR count). The number of rotatable bonds is 9. The summed E-state index contributed by atoms with van der Waals surface area (Å²) in [6.07, 6.45) is 9.20. The normalized spacial score (nSPS) is 31.8. The fourth-order valence-corrected chi connectivity index (χ4v) is 8.61. The van der Waals surface area contributed by atoms with Crippen LogP contribution in [0.1, 0.15) is 75.4 Å². The second-order valence-corrected chi connectivity index (χ2v) is 15.4. The topological polar surface area (TPSA) is 121 Å². The number of ether oxygens (including phenoxy) is 1. The zero-order valence-corrected chi connectivity index (χ0v) is 26.1. The largest absolute Gasteiger partial charge is 0.375 e. The molecule has 6 fully saturated rings. The molecule has 4 amide bonds. The van der Waals surface area contributed by atoms with Gasteiger partial charge in [-0.05, 0) is 68.6 Å². The van der Waals surface area contributed by atoms with Crippen LogP contribution in [0.25, 0.3) is 0 Å². The molecule has 4 saturated carbocycles. The Morgan fingerprint density at radius 2 is 1.71 bits per heavy atom. The minimum absolute atomic E-state index is 0.0211. The molecule has 230 valence electrons. The number of likely N-dealkylation sites (tertiary alicyclic amines) is 2. The highest BCUT2D eigenvalue weighted by molar-refractivity contribution is 7.11. The molecule has 2 saturated heterocycles. The summed E-state index contributed by atoms with van der Waals surface area (Å²) in [5, 5.41) is 5.72. The number of thiazole rings is 1. The van der Waals surface area contributed by atoms with Crippen LogP contribution < -0.4 is 10.6 Å². The van der Waals surface area contributed by atoms with Gasteiger partial charge in [-0.15, -0.1) is 11.3 Å². The molecule has 2 N–H and O–H groups in total. The number of likely N-dealkylation sites (N-methyl/N-ethyl adjacent to an activating group) is 1. The van der Waals surface area contributed by atoms with Crippen LogP contribution in [-0.2, 0) is 19.1 Å². The number of nitrogens with zero attached hydrogens (tertiary/aromatic N) is 3. The fraction of sp³-hybridized carbons (Fsp3) is 0.774. The first-order valence-corrected chi connectivity index (χ1v) is 16.4. The van der Waals surface area contributed by atoms with Gasteiger partial charge < -0.3 is 25.2 Å². The third kappa shape index (κ3) is 5.36. The number of nitrogens with one attached hydrogen (secondary N) is 2. The molecule has 4 aliphatic carbocycles. The Balaban J connectivity index is 1.15. The van der Waals surface area contributed by atoms with E-state index in [9.17, 15) is 19.2 Å². The number of aromatic nitrogens is 1. The van der Waals surface area contributed by atoms with Crippen molar-refractivity contribution < 1.29 is 23.9 Å². The van der Waals surface area contributed by atoms with Crippen molar-refractivity contribution in [2.45, 2.75) is 77.9 Å². The molecule has 10 nitrogen and oxygen atoms in total. The van der Waals surface area contributed by atoms with E-state index in [1.807, 2.05) is 11.8 Å². The van der Waals surface area contributed by atoms with Gasteiger partial charge in [0, 0.05) is 44.6 Å². The van der Waals surface area contributed by atoms with Crippen LogP contribution in [-0.4, -0.2) is 90.4 Å². The molecule has 42 heavy (non-hydrogen) atoms. The van der Waals surface area contributed by atoms with E-state index in [2.05, 4.69) is 29.5 Å². The fourth-order valence-electron chi connectivity index (χ4n) is 8.03. The van der Waals surface area contributed by atoms with Crippen LogP contribution in [0.5, 0.6) is 0 Å². The van der Waals surface area contributed by atoms with E-state index in [4.69, 9.17) is 4.74 Å². The van der Waals surface area contributed by atoms with Gasteiger partial charge in [-0.3, -0.25) is 24.2 Å². The van der Waals surface area contributed by atoms with Gasteiger partial charge in [0.15, 0.2) is 0 Å². The Morgan fingerprint density at radius 1 is 1.07 bits per heavy atom. The summed E-state index contributed by atoms with van der Waals surface area (Å²) < 4.78 is 6.35. The monoisotopic (exact) mass is 599 g/mol. The highest BCUT2D eigenvalue weighted by Crippen LogP contribution is 2.55. The highest BCUT2D eigenvalue weighted by atomic mass is 32.1. The van der Waals surface area contributed by atoms with Gasteiger partial charge in [0.1, 0.15) is 10.9 Å². The van der Waals surface area contributed by atoms with Gasteiger partial charge in [-0.2, -0.15) is 0 Å². The number of hydrogen-bond donors (Lipinski definition) is 2. The predicted octanol–water partition coefficient (Wildman–Crippen LogP) is 2.70. The van der Waals surface area contributed by atoms with Crippen molar-refractivity contribution in [1.82, 2.24) is 25.4 Å². The molecule has 1 spiro atoms. The van der Waals surface area contributed by atoms with Crippen molar-refractivity contribution in [3.05, 3.63) is 16.6 Å². The average molecular weight is 600 g/mol. The zero-order valence-electron chi connectivity index (χ0n) is 25.3. The number of amides is 4. The molecule has 2 bridgehead atoms. The van der Waals surface area contributed by atoms with E-state index in [1.54, 1.807) is 23.7 Å². The summed E-state index contributed by atoms with van der Waals surface area (Å²) in [4.78, 5) is 61.6. The predicted molar refractivity (Wildman–Crippen MR) is 157 cm³/mol. The lowest BCUT2D eigenvalue weighted by atomic mass is 9.61. The number of carbonyl (C=O) groups is 4. The van der Waals surface area contributed by atoms with Gasteiger partial charge in [-0.1, -0.05) is 13.8 Å². The van der Waals surface area contributed by atoms with Crippen LogP contribution >= 0.6 is 11.3 Å². The third-order valence-electron chi connectivity index (χ3n) is 11.2. The average Bonchev–Trinajstić information content (AvgIpc) is 3.35. The molecule has 11 heteroatoms. The Morgan fingerprint density at radius 3 is 2.29 bits per heavy atom. The van der Waals surface area contributed by atoms with Crippen LogP contribution in [0.3, 0.4) is 0 Å². The smallest absolute Gasteiger partial charge is 0.265 e. The summed E-state index contributed by atoms with van der Waals surface area (Å²) >= 11 is 1.28. The lowest BCUT2D eigenvalue weighted by Crippen LogP contribution is -2.65. The van der Waals surface area contributed by atoms with E-state index in [1.165, 1.54) is 49.9 Å². The van der Waals surface area contributed by atoms with Crippen LogP contribution in [0, 0.1) is 34.0 Å². The van der Waals surface area contributed by atoms with Crippen molar-refractivity contribution in [2.75, 3.05) is 39.8 Å². The Labute approximate surface area is 252 Å². The van der Waals surface area contributed by atoms with Crippen molar-refractivity contribution in [1.29, 1.82) is 0 Å². The quantitative estimate of drug-likeness (QED) is 0.450. The Hall–Kier alpha value is -2.53. The Kier molecular flexibility index (Phi) is 7.65. The van der Waals surface area contributed by atoms with Gasteiger partial charge in [-0.25, -0.2) is 0 Å². The van der Waals surface area contributed by atoms with E-state index < -0.39 is 23.5 Å². The molecular formula is C31H45N5O5S. The van der Waals surface area contributed by atoms with E-state index in [0.29, 0.717) is 31.1 Å². The van der Waals surface area contributed by atoms with Crippen molar-refractivity contribution in [3.8, 4) is 0 Å². The van der Waals surface area contributed by atoms with Gasteiger partial charge in [0.25, 0.3) is 5.91 Å². The van der Waals surface area contributed by atoms with Crippen molar-refractivity contribution in [3.63, 3.8) is 0 Å². The van der Waals surface area contributed by atoms with Gasteiger partial charge in [0.2, 0.25) is 17.7 Å². The summed E-state index contributed by atoms with van der Waals surface area (Å²) in [7, 11) is 1.57. The minimum Gasteiger partial charge on any atom is -0.375 e. The molecular weight excluding hydrogens is 554 g/mol. The van der Waals surface area contributed by atoms with Gasteiger partial charge >= 0.3 is 0 Å². The number of hydrogen-bond acceptors (Lipinski definition) is 7. The SMILES string of the molecule is CNC(=O)[C@@H](NC(=O)[C@@H]1CN(C(=O)c2cncs2)CC12CN(C(=O)[C@H]1CC1(C)C)C2)[C@@H](C)OCC12CCC(CC1)CC2. The maximum absolute atomic E-state index is 14.0. The molecule has 3 heterocycles. The first-order valence-electron chi connectivity index (χ1n) is 15.6. The van der Waals surface area contributed by atoms with Crippen LogP contribution in [0.2, 0.25) is 0 Å². The van der Waals surface area contributed by atoms with Gasteiger partial charge in [0.05, 0.1) is 30.3 Å². The summed E-state index contributed by atoms with van der Waals surface area (Å²) in [5.74, 6) is -0.248. The molecule has 6 aliphatic rings. The second-order valence-electron chi connectivity index (χ2n) is 14.5. The maximum Gasteiger partial charge on any atom is 0.265 e. The van der Waals surface area contributed by atoms with E-state index >= 15 is 0 Å². The first-order chi connectivity index (χ1) is 20.0. The Bertz CT molecular complexity index is 1210. The van der Waals surface area contributed by atoms with E-state index in [0.717, 1.165) is 12.3 Å².